The highest BCUT2D eigenvalue weighted by atomic mass is 16.5. The molecule has 1 N–H and O–H groups in total. The van der Waals surface area contributed by atoms with Gasteiger partial charge in [0.25, 0.3) is 5.91 Å². The standard InChI is InChI=1S/C26H22N6O3/c1-15(2)32-13-22(21-12-28-14-30-25(21)32)24(33)17-7-19(11-27-9-17)31-26(34)18-6-16-8-20(35-3)4-5-23(16)29-10-18/h4-15H,1-3H3,(H,31,34). The minimum atomic E-state index is -0.363. The summed E-state index contributed by atoms with van der Waals surface area (Å²) in [5.41, 5.74) is 3.04. The van der Waals surface area contributed by atoms with Crippen LogP contribution >= 0.6 is 0 Å². The van der Waals surface area contributed by atoms with Crippen LogP contribution in [0.25, 0.3) is 21.9 Å². The fourth-order valence-corrected chi connectivity index (χ4v) is 3.92. The Morgan fingerprint density at radius 1 is 0.971 bits per heavy atom. The molecule has 0 aliphatic heterocycles. The summed E-state index contributed by atoms with van der Waals surface area (Å²) in [5.74, 6) is 0.0854. The lowest BCUT2D eigenvalue weighted by molar-refractivity contribution is 0.102. The number of amides is 1. The number of carbonyl (C=O) groups excluding carboxylic acids is 2. The highest BCUT2D eigenvalue weighted by Gasteiger charge is 2.20. The van der Waals surface area contributed by atoms with Crippen LogP contribution in [0, 0.1) is 0 Å². The van der Waals surface area contributed by atoms with Crippen molar-refractivity contribution in [2.45, 2.75) is 19.9 Å². The minimum Gasteiger partial charge on any atom is -0.497 e. The molecule has 5 aromatic rings. The van der Waals surface area contributed by atoms with Crippen LogP contribution in [0.15, 0.2) is 67.6 Å². The second-order valence-electron chi connectivity index (χ2n) is 8.33. The van der Waals surface area contributed by atoms with Gasteiger partial charge in [-0.05, 0) is 44.2 Å². The predicted molar refractivity (Wildman–Crippen MR) is 132 cm³/mol. The normalized spacial score (nSPS) is 11.2. The minimum absolute atomic E-state index is 0.119. The number of methoxy groups -OCH3 is 1. The van der Waals surface area contributed by atoms with E-state index in [0.29, 0.717) is 39.2 Å². The molecule has 0 bridgehead atoms. The molecular weight excluding hydrogens is 444 g/mol. The van der Waals surface area contributed by atoms with Crippen molar-refractivity contribution in [1.29, 1.82) is 0 Å². The zero-order chi connectivity index (χ0) is 24.5. The van der Waals surface area contributed by atoms with E-state index in [2.05, 4.69) is 25.3 Å². The van der Waals surface area contributed by atoms with E-state index in [-0.39, 0.29) is 17.7 Å². The van der Waals surface area contributed by atoms with Crippen molar-refractivity contribution in [1.82, 2.24) is 24.5 Å². The average molecular weight is 467 g/mol. The van der Waals surface area contributed by atoms with E-state index in [0.717, 1.165) is 10.9 Å². The van der Waals surface area contributed by atoms with Gasteiger partial charge in [0.1, 0.15) is 17.7 Å². The average Bonchev–Trinajstić information content (AvgIpc) is 3.28. The summed E-state index contributed by atoms with van der Waals surface area (Å²) in [6.45, 7) is 4.04. The van der Waals surface area contributed by atoms with E-state index in [1.54, 1.807) is 31.6 Å². The summed E-state index contributed by atoms with van der Waals surface area (Å²) in [5, 5.41) is 4.25. The molecule has 35 heavy (non-hydrogen) atoms. The molecule has 9 nitrogen and oxygen atoms in total. The lowest BCUT2D eigenvalue weighted by Crippen LogP contribution is -2.13. The van der Waals surface area contributed by atoms with Gasteiger partial charge in [0.05, 0.1) is 35.6 Å². The molecule has 9 heteroatoms. The summed E-state index contributed by atoms with van der Waals surface area (Å²) >= 11 is 0. The van der Waals surface area contributed by atoms with Crippen molar-refractivity contribution in [3.63, 3.8) is 0 Å². The van der Waals surface area contributed by atoms with Crippen molar-refractivity contribution < 1.29 is 14.3 Å². The number of fused-ring (bicyclic) bond motifs is 2. The highest BCUT2D eigenvalue weighted by Crippen LogP contribution is 2.25. The molecule has 4 aromatic heterocycles. The Labute approximate surface area is 200 Å². The summed E-state index contributed by atoms with van der Waals surface area (Å²) in [4.78, 5) is 43.2. The number of nitrogens with zero attached hydrogens (tertiary/aromatic N) is 5. The van der Waals surface area contributed by atoms with Crippen LogP contribution in [0.4, 0.5) is 5.69 Å². The third-order valence-corrected chi connectivity index (χ3v) is 5.70. The molecule has 0 aliphatic rings. The van der Waals surface area contributed by atoms with Crippen molar-refractivity contribution >= 4 is 39.3 Å². The highest BCUT2D eigenvalue weighted by molar-refractivity contribution is 6.16. The molecule has 5 rings (SSSR count). The first kappa shape index (κ1) is 22.1. The van der Waals surface area contributed by atoms with Crippen LogP contribution < -0.4 is 10.1 Å². The van der Waals surface area contributed by atoms with Gasteiger partial charge in [-0.15, -0.1) is 0 Å². The summed E-state index contributed by atoms with van der Waals surface area (Å²) in [6.07, 6.45) is 9.36. The number of anilines is 1. The van der Waals surface area contributed by atoms with Gasteiger partial charge in [-0.2, -0.15) is 0 Å². The van der Waals surface area contributed by atoms with Crippen molar-refractivity contribution in [3.8, 4) is 5.75 Å². The van der Waals surface area contributed by atoms with Gasteiger partial charge in [0.15, 0.2) is 5.78 Å². The third-order valence-electron chi connectivity index (χ3n) is 5.70. The van der Waals surface area contributed by atoms with Crippen molar-refractivity contribution in [2.75, 3.05) is 12.4 Å². The van der Waals surface area contributed by atoms with E-state index in [9.17, 15) is 9.59 Å². The zero-order valence-corrected chi connectivity index (χ0v) is 19.4. The van der Waals surface area contributed by atoms with Crippen LogP contribution in [0.5, 0.6) is 5.75 Å². The van der Waals surface area contributed by atoms with Crippen molar-refractivity contribution in [2.24, 2.45) is 0 Å². The Hall–Kier alpha value is -4.66. The molecule has 0 atom stereocenters. The SMILES string of the molecule is COc1ccc2ncc(C(=O)Nc3cncc(C(=O)c4cn(C(C)C)c5ncncc45)c3)cc2c1. The fraction of sp³-hybridized carbons (Fsp3) is 0.154. The first-order valence-corrected chi connectivity index (χ1v) is 11.0. The summed E-state index contributed by atoms with van der Waals surface area (Å²) < 4.78 is 7.19. The second-order valence-corrected chi connectivity index (χ2v) is 8.33. The van der Waals surface area contributed by atoms with Gasteiger partial charge >= 0.3 is 0 Å². The number of benzene rings is 1. The topological polar surface area (TPSA) is 112 Å². The third kappa shape index (κ3) is 4.19. The molecular formula is C26H22N6O3. The van der Waals surface area contributed by atoms with Crippen LogP contribution in [-0.4, -0.2) is 43.3 Å². The van der Waals surface area contributed by atoms with Gasteiger partial charge in [0.2, 0.25) is 0 Å². The number of carbonyl (C=O) groups is 2. The molecule has 0 saturated carbocycles. The molecule has 1 aromatic carbocycles. The number of hydrogen-bond acceptors (Lipinski definition) is 7. The number of aromatic nitrogens is 5. The molecule has 0 spiro atoms. The maximum atomic E-state index is 13.4. The number of nitrogens with one attached hydrogen (secondary N) is 1. The van der Waals surface area contributed by atoms with E-state index < -0.39 is 0 Å². The molecule has 0 radical (unpaired) electrons. The predicted octanol–water partition coefficient (Wildman–Crippen LogP) is 4.45. The van der Waals surface area contributed by atoms with Gasteiger partial charge in [-0.3, -0.25) is 19.6 Å². The number of rotatable bonds is 6. The van der Waals surface area contributed by atoms with Crippen LogP contribution in [0.3, 0.4) is 0 Å². The van der Waals surface area contributed by atoms with E-state index >= 15 is 0 Å². The number of pyridine rings is 2. The van der Waals surface area contributed by atoms with Gasteiger partial charge < -0.3 is 14.6 Å². The molecule has 4 heterocycles. The number of hydrogen-bond donors (Lipinski definition) is 1. The fourth-order valence-electron chi connectivity index (χ4n) is 3.92. The Balaban J connectivity index is 1.43. The Morgan fingerprint density at radius 2 is 1.83 bits per heavy atom. The van der Waals surface area contributed by atoms with E-state index in [1.807, 2.05) is 36.6 Å². The van der Waals surface area contributed by atoms with Crippen LogP contribution in [0.1, 0.15) is 46.2 Å². The molecule has 1 amide bonds. The Morgan fingerprint density at radius 3 is 2.63 bits per heavy atom. The number of ether oxygens (including phenoxy) is 1. The monoisotopic (exact) mass is 466 g/mol. The lowest BCUT2D eigenvalue weighted by Gasteiger charge is -2.08. The summed E-state index contributed by atoms with van der Waals surface area (Å²) in [6, 6.07) is 8.92. The Kier molecular flexibility index (Phi) is 5.66. The van der Waals surface area contributed by atoms with Gasteiger partial charge in [0, 0.05) is 47.2 Å². The maximum absolute atomic E-state index is 13.4. The Bertz CT molecular complexity index is 1590. The first-order valence-electron chi connectivity index (χ1n) is 11.0. The molecule has 0 unspecified atom stereocenters. The molecule has 0 fully saturated rings. The van der Waals surface area contributed by atoms with Crippen LogP contribution in [0.2, 0.25) is 0 Å². The van der Waals surface area contributed by atoms with E-state index in [1.165, 1.54) is 24.9 Å². The number of ketones is 1. The maximum Gasteiger partial charge on any atom is 0.257 e. The molecule has 0 aliphatic carbocycles. The van der Waals surface area contributed by atoms with E-state index in [4.69, 9.17) is 4.74 Å². The van der Waals surface area contributed by atoms with Gasteiger partial charge in [-0.1, -0.05) is 0 Å². The smallest absolute Gasteiger partial charge is 0.257 e. The largest absolute Gasteiger partial charge is 0.497 e. The lowest BCUT2D eigenvalue weighted by atomic mass is 10.1. The van der Waals surface area contributed by atoms with Crippen LogP contribution in [-0.2, 0) is 0 Å². The zero-order valence-electron chi connectivity index (χ0n) is 19.4. The summed E-state index contributed by atoms with van der Waals surface area (Å²) in [7, 11) is 1.58. The molecule has 0 saturated heterocycles. The quantitative estimate of drug-likeness (QED) is 0.368. The van der Waals surface area contributed by atoms with Crippen molar-refractivity contribution in [3.05, 3.63) is 84.3 Å². The van der Waals surface area contributed by atoms with Gasteiger partial charge in [-0.25, -0.2) is 9.97 Å². The second kappa shape index (κ2) is 8.94. The molecule has 174 valence electrons. The first-order chi connectivity index (χ1) is 16.9.